The summed E-state index contributed by atoms with van der Waals surface area (Å²) >= 11 is 0. The van der Waals surface area contributed by atoms with Crippen LogP contribution in [0, 0.1) is 11.6 Å². The van der Waals surface area contributed by atoms with Crippen molar-refractivity contribution in [2.24, 2.45) is 0 Å². The van der Waals surface area contributed by atoms with Gasteiger partial charge >= 0.3 is 0 Å². The van der Waals surface area contributed by atoms with Gasteiger partial charge in [-0.25, -0.2) is 17.2 Å². The van der Waals surface area contributed by atoms with Crippen LogP contribution in [0.4, 0.5) is 20.2 Å². The fourth-order valence-electron chi connectivity index (χ4n) is 3.74. The standard InChI is InChI=1S/C21H25F2N3O3S/c1-3-18(26(30(2,28)29)20-11-7-5-9-17(20)23)21(27)25-14-12-24(13-15-25)19-10-6-4-8-16(19)22/h4-11,18H,3,12-15H2,1-2H3. The maximum atomic E-state index is 14.4. The second-order valence-corrected chi connectivity index (χ2v) is 9.06. The van der Waals surface area contributed by atoms with E-state index in [2.05, 4.69) is 0 Å². The molecule has 0 aromatic heterocycles. The number of benzene rings is 2. The summed E-state index contributed by atoms with van der Waals surface area (Å²) < 4.78 is 54.3. The number of rotatable bonds is 6. The van der Waals surface area contributed by atoms with Crippen LogP contribution >= 0.6 is 0 Å². The van der Waals surface area contributed by atoms with Gasteiger partial charge in [0.25, 0.3) is 0 Å². The summed E-state index contributed by atoms with van der Waals surface area (Å²) in [4.78, 5) is 16.6. The first-order valence-corrected chi connectivity index (χ1v) is 11.6. The van der Waals surface area contributed by atoms with Crippen molar-refractivity contribution < 1.29 is 22.0 Å². The number of hydrogen-bond donors (Lipinski definition) is 0. The average Bonchev–Trinajstić information content (AvgIpc) is 2.72. The number of amides is 1. The predicted molar refractivity (Wildman–Crippen MR) is 113 cm³/mol. The van der Waals surface area contributed by atoms with Gasteiger partial charge in [-0.15, -0.1) is 0 Å². The van der Waals surface area contributed by atoms with Crippen molar-refractivity contribution in [1.82, 2.24) is 4.90 Å². The molecule has 6 nitrogen and oxygen atoms in total. The third kappa shape index (κ3) is 4.56. The lowest BCUT2D eigenvalue weighted by molar-refractivity contribution is -0.132. The molecule has 1 fully saturated rings. The summed E-state index contributed by atoms with van der Waals surface area (Å²) in [6.45, 7) is 3.16. The van der Waals surface area contributed by atoms with Crippen molar-refractivity contribution in [3.05, 3.63) is 60.2 Å². The Kier molecular flexibility index (Phi) is 6.60. The van der Waals surface area contributed by atoms with Crippen LogP contribution in [0.5, 0.6) is 0 Å². The zero-order valence-electron chi connectivity index (χ0n) is 17.0. The summed E-state index contributed by atoms with van der Waals surface area (Å²) in [6.07, 6.45) is 1.15. The van der Waals surface area contributed by atoms with Gasteiger partial charge in [0.05, 0.1) is 17.6 Å². The van der Waals surface area contributed by atoms with Crippen molar-refractivity contribution in [3.8, 4) is 0 Å². The van der Waals surface area contributed by atoms with Crippen molar-refractivity contribution in [2.45, 2.75) is 19.4 Å². The van der Waals surface area contributed by atoms with Crippen LogP contribution in [0.1, 0.15) is 13.3 Å². The van der Waals surface area contributed by atoms with Crippen LogP contribution in [0.2, 0.25) is 0 Å². The Labute approximate surface area is 175 Å². The Morgan fingerprint density at radius 1 is 1.00 bits per heavy atom. The van der Waals surface area contributed by atoms with Crippen LogP contribution in [0.15, 0.2) is 48.5 Å². The Hall–Kier alpha value is -2.68. The molecular formula is C21H25F2N3O3S. The topological polar surface area (TPSA) is 60.9 Å². The van der Waals surface area contributed by atoms with Crippen LogP contribution < -0.4 is 9.21 Å². The number of halogens is 2. The van der Waals surface area contributed by atoms with Gasteiger partial charge in [0, 0.05) is 26.2 Å². The number of nitrogens with zero attached hydrogens (tertiary/aromatic N) is 3. The summed E-state index contributed by atoms with van der Waals surface area (Å²) in [5, 5.41) is 0. The second-order valence-electron chi connectivity index (χ2n) is 7.20. The summed E-state index contributed by atoms with van der Waals surface area (Å²) in [7, 11) is -3.91. The molecule has 1 unspecified atom stereocenters. The highest BCUT2D eigenvalue weighted by Gasteiger charge is 2.36. The van der Waals surface area contributed by atoms with Gasteiger partial charge in [0.15, 0.2) is 0 Å². The highest BCUT2D eigenvalue weighted by Crippen LogP contribution is 2.27. The Balaban J connectivity index is 1.80. The normalized spacial score (nSPS) is 15.7. The molecule has 1 amide bonds. The van der Waals surface area contributed by atoms with Crippen molar-refractivity contribution in [2.75, 3.05) is 41.6 Å². The first kappa shape index (κ1) is 22.0. The molecule has 1 aliphatic heterocycles. The molecule has 9 heteroatoms. The van der Waals surface area contributed by atoms with Gasteiger partial charge in [-0.1, -0.05) is 31.2 Å². The molecule has 0 spiro atoms. The molecule has 1 heterocycles. The highest BCUT2D eigenvalue weighted by molar-refractivity contribution is 7.92. The minimum absolute atomic E-state index is 0.148. The zero-order valence-corrected chi connectivity index (χ0v) is 17.8. The summed E-state index contributed by atoms with van der Waals surface area (Å²) in [5.41, 5.74) is 0.325. The molecule has 0 N–H and O–H groups in total. The molecule has 0 bridgehead atoms. The molecule has 162 valence electrons. The van der Waals surface area contributed by atoms with Crippen molar-refractivity contribution >= 4 is 27.3 Å². The highest BCUT2D eigenvalue weighted by atomic mass is 32.2. The third-order valence-corrected chi connectivity index (χ3v) is 6.35. The quantitative estimate of drug-likeness (QED) is 0.697. The lowest BCUT2D eigenvalue weighted by atomic mass is 10.1. The largest absolute Gasteiger partial charge is 0.366 e. The van der Waals surface area contributed by atoms with Gasteiger partial charge in [-0.05, 0) is 30.7 Å². The number of anilines is 2. The first-order chi connectivity index (χ1) is 14.2. The summed E-state index contributed by atoms with van der Waals surface area (Å²) in [5.74, 6) is -1.43. The van der Waals surface area contributed by atoms with Crippen LogP contribution in [0.25, 0.3) is 0 Å². The van der Waals surface area contributed by atoms with Crippen molar-refractivity contribution in [3.63, 3.8) is 0 Å². The lowest BCUT2D eigenvalue weighted by Gasteiger charge is -2.39. The molecule has 3 rings (SSSR count). The van der Waals surface area contributed by atoms with E-state index >= 15 is 0 Å². The zero-order chi connectivity index (χ0) is 21.9. The fourth-order valence-corrected chi connectivity index (χ4v) is 4.94. The minimum Gasteiger partial charge on any atom is -0.366 e. The number of piperazine rings is 1. The van der Waals surface area contributed by atoms with E-state index < -0.39 is 21.9 Å². The van der Waals surface area contributed by atoms with Gasteiger partial charge in [-0.3, -0.25) is 9.10 Å². The predicted octanol–water partition coefficient (Wildman–Crippen LogP) is 2.86. The number of carbonyl (C=O) groups is 1. The van der Waals surface area contributed by atoms with E-state index in [-0.39, 0.29) is 23.8 Å². The molecule has 1 atom stereocenters. The van der Waals surface area contributed by atoms with Gasteiger partial charge in [0.2, 0.25) is 15.9 Å². The van der Waals surface area contributed by atoms with E-state index in [1.54, 1.807) is 30.0 Å². The number of sulfonamides is 1. The SMILES string of the molecule is CCC(C(=O)N1CCN(c2ccccc2F)CC1)N(c1ccccc1F)S(C)(=O)=O. The van der Waals surface area contributed by atoms with E-state index in [0.29, 0.717) is 31.9 Å². The molecular weight excluding hydrogens is 412 g/mol. The molecule has 0 radical (unpaired) electrons. The van der Waals surface area contributed by atoms with E-state index in [4.69, 9.17) is 0 Å². The molecule has 30 heavy (non-hydrogen) atoms. The van der Waals surface area contributed by atoms with Crippen molar-refractivity contribution in [1.29, 1.82) is 0 Å². The first-order valence-electron chi connectivity index (χ1n) is 9.76. The Morgan fingerprint density at radius 3 is 2.10 bits per heavy atom. The third-order valence-electron chi connectivity index (χ3n) is 5.19. The maximum Gasteiger partial charge on any atom is 0.246 e. The van der Waals surface area contributed by atoms with Gasteiger partial charge in [0.1, 0.15) is 17.7 Å². The van der Waals surface area contributed by atoms with E-state index in [1.807, 2.05) is 4.90 Å². The van der Waals surface area contributed by atoms with E-state index in [9.17, 15) is 22.0 Å². The molecule has 2 aromatic carbocycles. The minimum atomic E-state index is -3.91. The maximum absolute atomic E-state index is 14.4. The molecule has 1 aliphatic rings. The van der Waals surface area contributed by atoms with Gasteiger partial charge < -0.3 is 9.80 Å². The van der Waals surface area contributed by atoms with Crippen LogP contribution in [-0.2, 0) is 14.8 Å². The number of carbonyl (C=O) groups excluding carboxylic acids is 1. The molecule has 0 aliphatic carbocycles. The van der Waals surface area contributed by atoms with Crippen LogP contribution in [0.3, 0.4) is 0 Å². The summed E-state index contributed by atoms with van der Waals surface area (Å²) in [6, 6.07) is 10.9. The molecule has 1 saturated heterocycles. The number of para-hydroxylation sites is 2. The monoisotopic (exact) mass is 437 g/mol. The fraction of sp³-hybridized carbons (Fsp3) is 0.381. The van der Waals surface area contributed by atoms with Gasteiger partial charge in [-0.2, -0.15) is 0 Å². The number of hydrogen-bond acceptors (Lipinski definition) is 4. The Morgan fingerprint density at radius 2 is 1.57 bits per heavy atom. The lowest BCUT2D eigenvalue weighted by Crippen LogP contribution is -2.56. The van der Waals surface area contributed by atoms with E-state index in [0.717, 1.165) is 16.6 Å². The smallest absolute Gasteiger partial charge is 0.246 e. The van der Waals surface area contributed by atoms with E-state index in [1.165, 1.54) is 24.3 Å². The Bertz CT molecular complexity index is 1010. The van der Waals surface area contributed by atoms with Crippen LogP contribution in [-0.4, -0.2) is 57.7 Å². The molecule has 0 saturated carbocycles. The second kappa shape index (κ2) is 8.99. The average molecular weight is 438 g/mol. The molecule has 2 aromatic rings.